The Hall–Kier alpha value is -0.800. The molecular weight excluding hydrogens is 226 g/mol. The minimum absolute atomic E-state index is 0.447. The van der Waals surface area contributed by atoms with Gasteiger partial charge >= 0.3 is 0 Å². The highest BCUT2D eigenvalue weighted by atomic mass is 16.5. The molecule has 0 saturated heterocycles. The first kappa shape index (κ1) is 13.6. The molecule has 0 radical (unpaired) electrons. The van der Waals surface area contributed by atoms with E-state index in [4.69, 9.17) is 9.15 Å². The summed E-state index contributed by atoms with van der Waals surface area (Å²) in [6.07, 6.45) is 7.24. The Kier molecular flexibility index (Phi) is 5.26. The van der Waals surface area contributed by atoms with Gasteiger partial charge in [-0.2, -0.15) is 0 Å². The molecule has 1 aliphatic carbocycles. The van der Waals surface area contributed by atoms with Crippen LogP contribution in [0.15, 0.2) is 16.7 Å². The van der Waals surface area contributed by atoms with E-state index in [2.05, 4.69) is 19.2 Å². The molecule has 1 aromatic rings. The Bertz CT molecular complexity index is 340. The summed E-state index contributed by atoms with van der Waals surface area (Å²) in [5.41, 5.74) is 1.19. The molecule has 0 spiro atoms. The summed E-state index contributed by atoms with van der Waals surface area (Å²) in [5.74, 6) is 1.89. The van der Waals surface area contributed by atoms with Crippen molar-refractivity contribution in [3.05, 3.63) is 23.7 Å². The van der Waals surface area contributed by atoms with E-state index in [1.54, 1.807) is 6.26 Å². The standard InChI is InChI=1S/C15H25NO2/c1-3-16-10-15-13(8-9-17-15)11-18-14-6-4-12(2)5-7-14/h8-9,12,14,16H,3-7,10-11H2,1-2H3. The van der Waals surface area contributed by atoms with Gasteiger partial charge in [0.2, 0.25) is 0 Å². The first-order valence-corrected chi connectivity index (χ1v) is 7.17. The van der Waals surface area contributed by atoms with Crippen LogP contribution in [0, 0.1) is 5.92 Å². The maximum Gasteiger partial charge on any atom is 0.123 e. The second-order valence-electron chi connectivity index (χ2n) is 5.34. The number of hydrogen-bond donors (Lipinski definition) is 1. The van der Waals surface area contributed by atoms with Gasteiger partial charge in [0.25, 0.3) is 0 Å². The zero-order valence-corrected chi connectivity index (χ0v) is 11.6. The molecule has 1 fully saturated rings. The van der Waals surface area contributed by atoms with Crippen molar-refractivity contribution in [1.29, 1.82) is 0 Å². The van der Waals surface area contributed by atoms with Gasteiger partial charge in [0.15, 0.2) is 0 Å². The molecule has 0 aromatic carbocycles. The molecule has 0 atom stereocenters. The topological polar surface area (TPSA) is 34.4 Å². The van der Waals surface area contributed by atoms with Gasteiger partial charge in [-0.05, 0) is 44.2 Å². The van der Waals surface area contributed by atoms with Crippen LogP contribution in [0.5, 0.6) is 0 Å². The Labute approximate surface area is 110 Å². The van der Waals surface area contributed by atoms with Gasteiger partial charge in [-0.1, -0.05) is 13.8 Å². The Morgan fingerprint density at radius 1 is 1.33 bits per heavy atom. The zero-order chi connectivity index (χ0) is 12.8. The molecule has 3 heteroatoms. The van der Waals surface area contributed by atoms with Crippen molar-refractivity contribution in [2.75, 3.05) is 6.54 Å². The Morgan fingerprint density at radius 2 is 2.11 bits per heavy atom. The van der Waals surface area contributed by atoms with Crippen molar-refractivity contribution in [2.45, 2.75) is 58.8 Å². The molecule has 1 saturated carbocycles. The first-order chi connectivity index (χ1) is 8.79. The summed E-state index contributed by atoms with van der Waals surface area (Å²) in [4.78, 5) is 0. The van der Waals surface area contributed by atoms with Crippen molar-refractivity contribution in [3.8, 4) is 0 Å². The third-order valence-corrected chi connectivity index (χ3v) is 3.81. The van der Waals surface area contributed by atoms with Crippen LogP contribution in [0.3, 0.4) is 0 Å². The van der Waals surface area contributed by atoms with E-state index in [0.717, 1.165) is 24.8 Å². The SMILES string of the molecule is CCNCc1occc1COC1CCC(C)CC1. The lowest BCUT2D eigenvalue weighted by molar-refractivity contribution is 0.00815. The minimum atomic E-state index is 0.447. The van der Waals surface area contributed by atoms with Crippen molar-refractivity contribution < 1.29 is 9.15 Å². The highest BCUT2D eigenvalue weighted by Crippen LogP contribution is 2.26. The smallest absolute Gasteiger partial charge is 0.123 e. The van der Waals surface area contributed by atoms with Gasteiger partial charge in [-0.15, -0.1) is 0 Å². The van der Waals surface area contributed by atoms with Gasteiger partial charge < -0.3 is 14.5 Å². The van der Waals surface area contributed by atoms with Crippen molar-refractivity contribution in [1.82, 2.24) is 5.32 Å². The fourth-order valence-electron chi connectivity index (χ4n) is 2.49. The van der Waals surface area contributed by atoms with E-state index in [0.29, 0.717) is 12.7 Å². The van der Waals surface area contributed by atoms with E-state index in [1.165, 1.54) is 31.2 Å². The van der Waals surface area contributed by atoms with E-state index >= 15 is 0 Å². The van der Waals surface area contributed by atoms with Crippen LogP contribution in [0.1, 0.15) is 50.9 Å². The van der Waals surface area contributed by atoms with Crippen LogP contribution >= 0.6 is 0 Å². The molecule has 0 bridgehead atoms. The minimum Gasteiger partial charge on any atom is -0.468 e. The Balaban J connectivity index is 1.77. The molecule has 1 N–H and O–H groups in total. The van der Waals surface area contributed by atoms with Gasteiger partial charge in [0, 0.05) is 5.56 Å². The molecule has 102 valence electrons. The molecule has 2 rings (SSSR count). The van der Waals surface area contributed by atoms with Crippen LogP contribution in [-0.4, -0.2) is 12.6 Å². The van der Waals surface area contributed by atoms with Crippen LogP contribution in [0.4, 0.5) is 0 Å². The molecule has 0 unspecified atom stereocenters. The Morgan fingerprint density at radius 3 is 2.83 bits per heavy atom. The second kappa shape index (κ2) is 6.95. The van der Waals surface area contributed by atoms with E-state index in [-0.39, 0.29) is 0 Å². The summed E-state index contributed by atoms with van der Waals surface area (Å²) >= 11 is 0. The summed E-state index contributed by atoms with van der Waals surface area (Å²) in [6, 6.07) is 2.03. The lowest BCUT2D eigenvalue weighted by Gasteiger charge is -2.26. The monoisotopic (exact) mass is 251 g/mol. The normalized spacial score (nSPS) is 24.3. The van der Waals surface area contributed by atoms with E-state index in [1.807, 2.05) is 6.07 Å². The average Bonchev–Trinajstić information content (AvgIpc) is 2.83. The lowest BCUT2D eigenvalue weighted by atomic mass is 9.89. The van der Waals surface area contributed by atoms with Gasteiger partial charge in [0.05, 0.1) is 25.5 Å². The molecule has 0 amide bonds. The van der Waals surface area contributed by atoms with E-state index < -0.39 is 0 Å². The van der Waals surface area contributed by atoms with Crippen LogP contribution in [0.25, 0.3) is 0 Å². The molecule has 0 aliphatic heterocycles. The third kappa shape index (κ3) is 3.85. The number of furan rings is 1. The van der Waals surface area contributed by atoms with Gasteiger partial charge in [0.1, 0.15) is 5.76 Å². The third-order valence-electron chi connectivity index (χ3n) is 3.81. The van der Waals surface area contributed by atoms with Gasteiger partial charge in [-0.3, -0.25) is 0 Å². The average molecular weight is 251 g/mol. The first-order valence-electron chi connectivity index (χ1n) is 7.17. The van der Waals surface area contributed by atoms with Crippen LogP contribution in [0.2, 0.25) is 0 Å². The lowest BCUT2D eigenvalue weighted by Crippen LogP contribution is -2.20. The predicted octanol–water partition coefficient (Wildman–Crippen LogP) is 3.48. The summed E-state index contributed by atoms with van der Waals surface area (Å²) < 4.78 is 11.5. The molecule has 18 heavy (non-hydrogen) atoms. The zero-order valence-electron chi connectivity index (χ0n) is 11.6. The van der Waals surface area contributed by atoms with Crippen molar-refractivity contribution >= 4 is 0 Å². The number of nitrogens with one attached hydrogen (secondary N) is 1. The van der Waals surface area contributed by atoms with Crippen molar-refractivity contribution in [2.24, 2.45) is 5.92 Å². The van der Waals surface area contributed by atoms with Crippen LogP contribution in [-0.2, 0) is 17.9 Å². The largest absolute Gasteiger partial charge is 0.468 e. The fraction of sp³-hybridized carbons (Fsp3) is 0.733. The van der Waals surface area contributed by atoms with Crippen molar-refractivity contribution in [3.63, 3.8) is 0 Å². The summed E-state index contributed by atoms with van der Waals surface area (Å²) in [7, 11) is 0. The summed E-state index contributed by atoms with van der Waals surface area (Å²) in [6.45, 7) is 6.88. The van der Waals surface area contributed by atoms with E-state index in [9.17, 15) is 0 Å². The fourth-order valence-corrected chi connectivity index (χ4v) is 2.49. The van der Waals surface area contributed by atoms with Gasteiger partial charge in [-0.25, -0.2) is 0 Å². The molecule has 1 aromatic heterocycles. The molecule has 3 nitrogen and oxygen atoms in total. The number of ether oxygens (including phenoxy) is 1. The van der Waals surface area contributed by atoms with Crippen LogP contribution < -0.4 is 5.32 Å². The molecular formula is C15H25NO2. The summed E-state index contributed by atoms with van der Waals surface area (Å²) in [5, 5.41) is 3.29. The highest BCUT2D eigenvalue weighted by molar-refractivity contribution is 5.15. The maximum atomic E-state index is 6.01. The quantitative estimate of drug-likeness (QED) is 0.840. The second-order valence-corrected chi connectivity index (χ2v) is 5.34. The number of hydrogen-bond acceptors (Lipinski definition) is 3. The molecule has 1 aliphatic rings. The maximum absolute atomic E-state index is 6.01. The predicted molar refractivity (Wildman–Crippen MR) is 72.3 cm³/mol. The molecule has 1 heterocycles. The number of rotatable bonds is 6. The highest BCUT2D eigenvalue weighted by Gasteiger charge is 2.19.